The zero-order chi connectivity index (χ0) is 19.9. The zero-order valence-corrected chi connectivity index (χ0v) is 16.0. The van der Waals surface area contributed by atoms with Crippen molar-refractivity contribution >= 4 is 23.1 Å². The van der Waals surface area contributed by atoms with Gasteiger partial charge in [-0.2, -0.15) is 10.1 Å². The summed E-state index contributed by atoms with van der Waals surface area (Å²) < 4.78 is 19.2. The molecule has 29 heavy (non-hydrogen) atoms. The molecule has 0 saturated carbocycles. The lowest BCUT2D eigenvalue weighted by Crippen LogP contribution is -2.36. The minimum absolute atomic E-state index is 0.197. The molecule has 1 fully saturated rings. The number of nitrogens with one attached hydrogen (secondary N) is 2. The van der Waals surface area contributed by atoms with Gasteiger partial charge in [-0.15, -0.1) is 5.10 Å². The van der Waals surface area contributed by atoms with Crippen molar-refractivity contribution in [2.45, 2.75) is 6.42 Å². The van der Waals surface area contributed by atoms with Gasteiger partial charge in [-0.05, 0) is 30.2 Å². The maximum Gasteiger partial charge on any atom is 0.249 e. The molecule has 2 heterocycles. The number of ether oxygens (including phenoxy) is 1. The van der Waals surface area contributed by atoms with Gasteiger partial charge in [0.05, 0.1) is 30.8 Å². The van der Waals surface area contributed by atoms with Gasteiger partial charge in [-0.3, -0.25) is 0 Å². The summed E-state index contributed by atoms with van der Waals surface area (Å²) >= 11 is 0. The molecule has 1 aliphatic heterocycles. The maximum atomic E-state index is 13.7. The number of benzene rings is 2. The van der Waals surface area contributed by atoms with Crippen molar-refractivity contribution in [3.05, 3.63) is 66.1 Å². The van der Waals surface area contributed by atoms with E-state index in [-0.39, 0.29) is 5.82 Å². The van der Waals surface area contributed by atoms with Gasteiger partial charge < -0.3 is 20.3 Å². The van der Waals surface area contributed by atoms with E-state index in [1.807, 2.05) is 24.3 Å². The van der Waals surface area contributed by atoms with Crippen molar-refractivity contribution in [3.8, 4) is 0 Å². The summed E-state index contributed by atoms with van der Waals surface area (Å²) in [5, 5.41) is 14.5. The minimum atomic E-state index is -0.197. The Balaban J connectivity index is 1.41. The molecule has 1 saturated heterocycles. The van der Waals surface area contributed by atoms with Crippen LogP contribution in [0.25, 0.3) is 0 Å². The summed E-state index contributed by atoms with van der Waals surface area (Å²) in [4.78, 5) is 6.75. The molecule has 150 valence electrons. The summed E-state index contributed by atoms with van der Waals surface area (Å²) in [6, 6.07) is 14.8. The fraction of sp³-hybridized carbons (Fsp3) is 0.286. The van der Waals surface area contributed by atoms with Crippen LogP contribution in [0.4, 0.5) is 27.5 Å². The number of hydrogen-bond donors (Lipinski definition) is 2. The number of aromatic nitrogens is 3. The number of nitrogens with zero attached hydrogens (tertiary/aromatic N) is 4. The van der Waals surface area contributed by atoms with E-state index in [9.17, 15) is 4.39 Å². The number of halogens is 1. The summed E-state index contributed by atoms with van der Waals surface area (Å²) in [7, 11) is 0. The fourth-order valence-corrected chi connectivity index (χ4v) is 3.25. The predicted octanol–water partition coefficient (Wildman–Crippen LogP) is 3.25. The van der Waals surface area contributed by atoms with Crippen LogP contribution >= 0.6 is 0 Å². The number of morpholine rings is 1. The molecule has 0 aliphatic carbocycles. The number of para-hydroxylation sites is 2. The van der Waals surface area contributed by atoms with E-state index in [2.05, 4.69) is 36.8 Å². The Bertz CT molecular complexity index is 948. The third-order valence-electron chi connectivity index (χ3n) is 4.72. The summed E-state index contributed by atoms with van der Waals surface area (Å²) in [6.45, 7) is 3.66. The zero-order valence-electron chi connectivity index (χ0n) is 16.0. The first kappa shape index (κ1) is 19.1. The van der Waals surface area contributed by atoms with Crippen LogP contribution < -0.4 is 15.5 Å². The molecular weight excluding hydrogens is 371 g/mol. The summed E-state index contributed by atoms with van der Waals surface area (Å²) in [5.74, 6) is 0.793. The van der Waals surface area contributed by atoms with Crippen molar-refractivity contribution in [3.63, 3.8) is 0 Å². The Morgan fingerprint density at radius 1 is 1.03 bits per heavy atom. The molecule has 2 aromatic carbocycles. The van der Waals surface area contributed by atoms with Crippen LogP contribution in [-0.2, 0) is 11.2 Å². The Labute approximate surface area is 168 Å². The van der Waals surface area contributed by atoms with Gasteiger partial charge in [0.2, 0.25) is 5.95 Å². The van der Waals surface area contributed by atoms with Gasteiger partial charge in [0.15, 0.2) is 5.82 Å². The van der Waals surface area contributed by atoms with E-state index in [0.717, 1.165) is 24.5 Å². The fourth-order valence-electron chi connectivity index (χ4n) is 3.25. The third-order valence-corrected chi connectivity index (χ3v) is 4.72. The Hall–Kier alpha value is -3.26. The van der Waals surface area contributed by atoms with E-state index >= 15 is 0 Å². The minimum Gasteiger partial charge on any atom is -0.378 e. The SMILES string of the molecule is Fc1ccccc1CCNc1cnnc(Nc2ccccc2N2CCOCC2)n1. The number of rotatable bonds is 7. The average Bonchev–Trinajstić information content (AvgIpc) is 2.76. The normalized spacial score (nSPS) is 13.9. The molecule has 8 heteroatoms. The molecule has 0 unspecified atom stereocenters. The summed E-state index contributed by atoms with van der Waals surface area (Å²) in [5.41, 5.74) is 2.66. The highest BCUT2D eigenvalue weighted by Gasteiger charge is 2.15. The van der Waals surface area contributed by atoms with E-state index in [1.165, 1.54) is 6.07 Å². The van der Waals surface area contributed by atoms with Crippen LogP contribution in [0, 0.1) is 5.82 Å². The van der Waals surface area contributed by atoms with E-state index in [0.29, 0.717) is 43.5 Å². The molecule has 3 aromatic rings. The lowest BCUT2D eigenvalue weighted by Gasteiger charge is -2.30. The van der Waals surface area contributed by atoms with Gasteiger partial charge in [0.25, 0.3) is 0 Å². The van der Waals surface area contributed by atoms with E-state index in [4.69, 9.17) is 4.74 Å². The highest BCUT2D eigenvalue weighted by atomic mass is 19.1. The van der Waals surface area contributed by atoms with Crippen molar-refractivity contribution in [1.29, 1.82) is 0 Å². The molecule has 0 atom stereocenters. The number of anilines is 4. The highest BCUT2D eigenvalue weighted by Crippen LogP contribution is 2.28. The van der Waals surface area contributed by atoms with Crippen LogP contribution in [0.15, 0.2) is 54.7 Å². The topological polar surface area (TPSA) is 75.2 Å². The van der Waals surface area contributed by atoms with Crippen LogP contribution in [0.2, 0.25) is 0 Å². The largest absolute Gasteiger partial charge is 0.378 e. The molecule has 1 aliphatic rings. The lowest BCUT2D eigenvalue weighted by atomic mass is 10.1. The third kappa shape index (κ3) is 4.97. The van der Waals surface area contributed by atoms with Crippen LogP contribution in [0.1, 0.15) is 5.56 Å². The van der Waals surface area contributed by atoms with Crippen molar-refractivity contribution < 1.29 is 9.13 Å². The van der Waals surface area contributed by atoms with Gasteiger partial charge in [0.1, 0.15) is 5.82 Å². The van der Waals surface area contributed by atoms with Gasteiger partial charge in [-0.25, -0.2) is 4.39 Å². The molecular formula is C21H23FN6O. The molecule has 7 nitrogen and oxygen atoms in total. The molecule has 0 radical (unpaired) electrons. The van der Waals surface area contributed by atoms with Gasteiger partial charge in [-0.1, -0.05) is 30.3 Å². The highest BCUT2D eigenvalue weighted by molar-refractivity contribution is 5.73. The second-order valence-corrected chi connectivity index (χ2v) is 6.67. The van der Waals surface area contributed by atoms with Crippen molar-refractivity contribution in [2.24, 2.45) is 0 Å². The van der Waals surface area contributed by atoms with Crippen molar-refractivity contribution in [2.75, 3.05) is 48.4 Å². The first-order valence-corrected chi connectivity index (χ1v) is 9.65. The smallest absolute Gasteiger partial charge is 0.249 e. The standard InChI is InChI=1S/C21H23FN6O/c22-17-6-2-1-5-16(17)9-10-23-20-15-24-27-21(26-20)25-18-7-3-4-8-19(18)28-11-13-29-14-12-28/h1-8,15H,9-14H2,(H2,23,25,26,27). The Morgan fingerprint density at radius 3 is 2.69 bits per heavy atom. The summed E-state index contributed by atoms with van der Waals surface area (Å²) in [6.07, 6.45) is 2.11. The Kier molecular flexibility index (Phi) is 6.11. The predicted molar refractivity (Wildman–Crippen MR) is 111 cm³/mol. The molecule has 4 rings (SSSR count). The van der Waals surface area contributed by atoms with Crippen molar-refractivity contribution in [1.82, 2.24) is 15.2 Å². The van der Waals surface area contributed by atoms with Crippen LogP contribution in [0.3, 0.4) is 0 Å². The second-order valence-electron chi connectivity index (χ2n) is 6.67. The molecule has 0 amide bonds. The van der Waals surface area contributed by atoms with E-state index < -0.39 is 0 Å². The van der Waals surface area contributed by atoms with Crippen LogP contribution in [-0.4, -0.2) is 48.0 Å². The monoisotopic (exact) mass is 394 g/mol. The molecule has 2 N–H and O–H groups in total. The van der Waals surface area contributed by atoms with Gasteiger partial charge in [0, 0.05) is 19.6 Å². The quantitative estimate of drug-likeness (QED) is 0.637. The second kappa shape index (κ2) is 9.29. The first-order valence-electron chi connectivity index (χ1n) is 9.65. The lowest BCUT2D eigenvalue weighted by molar-refractivity contribution is 0.123. The molecule has 0 spiro atoms. The maximum absolute atomic E-state index is 13.7. The molecule has 1 aromatic heterocycles. The molecule has 0 bridgehead atoms. The average molecular weight is 394 g/mol. The first-order chi connectivity index (χ1) is 14.3. The Morgan fingerprint density at radius 2 is 1.83 bits per heavy atom. The van der Waals surface area contributed by atoms with Gasteiger partial charge >= 0.3 is 0 Å². The van der Waals surface area contributed by atoms with E-state index in [1.54, 1.807) is 18.3 Å². The van der Waals surface area contributed by atoms with Crippen LogP contribution in [0.5, 0.6) is 0 Å². The number of hydrogen-bond acceptors (Lipinski definition) is 7.